The molecule has 0 aliphatic rings. The predicted molar refractivity (Wildman–Crippen MR) is 107 cm³/mol. The zero-order chi connectivity index (χ0) is 19.8. The van der Waals surface area contributed by atoms with E-state index in [0.29, 0.717) is 18.8 Å². The van der Waals surface area contributed by atoms with E-state index in [4.69, 9.17) is 0 Å². The van der Waals surface area contributed by atoms with E-state index in [2.05, 4.69) is 10.6 Å². The molecule has 2 rings (SSSR count). The molecule has 1 atom stereocenters. The minimum atomic E-state index is -0.348. The molecule has 27 heavy (non-hydrogen) atoms. The number of anilines is 1. The van der Waals surface area contributed by atoms with Crippen molar-refractivity contribution in [1.29, 1.82) is 0 Å². The van der Waals surface area contributed by atoms with E-state index in [1.807, 2.05) is 48.7 Å². The van der Waals surface area contributed by atoms with Gasteiger partial charge in [0.1, 0.15) is 0 Å². The summed E-state index contributed by atoms with van der Waals surface area (Å²) in [6, 6.07) is 10.9. The highest BCUT2D eigenvalue weighted by Gasteiger charge is 2.18. The summed E-state index contributed by atoms with van der Waals surface area (Å²) in [5, 5.41) is 7.62. The second kappa shape index (κ2) is 9.87. The first-order valence-electron chi connectivity index (χ1n) is 8.83. The van der Waals surface area contributed by atoms with Crippen molar-refractivity contribution in [2.45, 2.75) is 39.8 Å². The molecular weight excluding hydrogens is 362 g/mol. The first kappa shape index (κ1) is 20.6. The van der Waals surface area contributed by atoms with Crippen LogP contribution in [0.15, 0.2) is 41.8 Å². The highest BCUT2D eigenvalue weighted by atomic mass is 32.1. The Kier molecular flexibility index (Phi) is 7.55. The van der Waals surface area contributed by atoms with Crippen molar-refractivity contribution in [2.75, 3.05) is 11.9 Å². The molecule has 1 aromatic carbocycles. The third-order valence-corrected chi connectivity index (χ3v) is 5.05. The van der Waals surface area contributed by atoms with E-state index >= 15 is 0 Å². The number of thiophene rings is 1. The molecule has 7 heteroatoms. The van der Waals surface area contributed by atoms with Crippen LogP contribution in [0, 0.1) is 0 Å². The molecule has 6 nitrogen and oxygen atoms in total. The maximum absolute atomic E-state index is 12.5. The molecule has 0 saturated heterocycles. The molecule has 0 aliphatic heterocycles. The number of nitrogens with zero attached hydrogens (tertiary/aromatic N) is 1. The molecule has 0 bridgehead atoms. The number of nitrogens with one attached hydrogen (secondary N) is 2. The SMILES string of the molecule is CCN(Cc1cccc(NC(=O)CC(NC(C)=O)c2cccs2)c1)C(C)=O. The van der Waals surface area contributed by atoms with Gasteiger partial charge in [-0.1, -0.05) is 18.2 Å². The predicted octanol–water partition coefficient (Wildman–Crippen LogP) is 3.32. The number of rotatable bonds is 8. The van der Waals surface area contributed by atoms with Gasteiger partial charge in [0, 0.05) is 37.5 Å². The third kappa shape index (κ3) is 6.53. The number of hydrogen-bond acceptors (Lipinski definition) is 4. The Hall–Kier alpha value is -2.67. The van der Waals surface area contributed by atoms with Crippen LogP contribution >= 0.6 is 11.3 Å². The van der Waals surface area contributed by atoms with E-state index in [0.717, 1.165) is 10.4 Å². The molecular formula is C20H25N3O3S. The smallest absolute Gasteiger partial charge is 0.226 e. The van der Waals surface area contributed by atoms with Crippen LogP contribution in [0.3, 0.4) is 0 Å². The minimum absolute atomic E-state index is 0.0148. The number of carbonyl (C=O) groups is 3. The van der Waals surface area contributed by atoms with Crippen LogP contribution in [-0.2, 0) is 20.9 Å². The molecule has 1 unspecified atom stereocenters. The van der Waals surface area contributed by atoms with Gasteiger partial charge in [-0.2, -0.15) is 0 Å². The number of hydrogen-bond donors (Lipinski definition) is 2. The van der Waals surface area contributed by atoms with Crippen molar-refractivity contribution in [3.8, 4) is 0 Å². The Morgan fingerprint density at radius 2 is 1.93 bits per heavy atom. The van der Waals surface area contributed by atoms with Crippen molar-refractivity contribution in [1.82, 2.24) is 10.2 Å². The summed E-state index contributed by atoms with van der Waals surface area (Å²) >= 11 is 1.50. The number of carbonyl (C=O) groups excluding carboxylic acids is 3. The van der Waals surface area contributed by atoms with Crippen molar-refractivity contribution in [2.24, 2.45) is 0 Å². The van der Waals surface area contributed by atoms with Crippen LogP contribution in [0.25, 0.3) is 0 Å². The van der Waals surface area contributed by atoms with E-state index in [-0.39, 0.29) is 30.2 Å². The first-order chi connectivity index (χ1) is 12.9. The summed E-state index contributed by atoms with van der Waals surface area (Å²) in [5.41, 5.74) is 1.62. The van der Waals surface area contributed by atoms with Crippen molar-refractivity contribution in [3.63, 3.8) is 0 Å². The molecule has 2 N–H and O–H groups in total. The lowest BCUT2D eigenvalue weighted by atomic mass is 10.1. The van der Waals surface area contributed by atoms with Gasteiger partial charge in [0.05, 0.1) is 12.5 Å². The second-order valence-corrected chi connectivity index (χ2v) is 7.23. The number of amides is 3. The minimum Gasteiger partial charge on any atom is -0.348 e. The summed E-state index contributed by atoms with van der Waals surface area (Å²) in [6.07, 6.45) is 0.152. The molecule has 0 saturated carbocycles. The van der Waals surface area contributed by atoms with Crippen LogP contribution < -0.4 is 10.6 Å². The number of benzene rings is 1. The summed E-state index contributed by atoms with van der Waals surface area (Å²) in [4.78, 5) is 38.2. The van der Waals surface area contributed by atoms with E-state index < -0.39 is 0 Å². The standard InChI is InChI=1S/C20H25N3O3S/c1-4-23(15(3)25)13-16-7-5-8-17(11-16)22-20(26)12-18(21-14(2)24)19-9-6-10-27-19/h5-11,18H,4,12-13H2,1-3H3,(H,21,24)(H,22,26). The fourth-order valence-corrected chi connectivity index (χ4v) is 3.55. The lowest BCUT2D eigenvalue weighted by Crippen LogP contribution is -2.29. The summed E-state index contributed by atoms with van der Waals surface area (Å²) < 4.78 is 0. The van der Waals surface area contributed by atoms with Gasteiger partial charge in [0.25, 0.3) is 0 Å². The van der Waals surface area contributed by atoms with Gasteiger partial charge in [-0.15, -0.1) is 11.3 Å². The van der Waals surface area contributed by atoms with Gasteiger partial charge in [-0.05, 0) is 36.1 Å². The Bertz CT molecular complexity index is 790. The van der Waals surface area contributed by atoms with E-state index in [1.54, 1.807) is 11.8 Å². The summed E-state index contributed by atoms with van der Waals surface area (Å²) in [7, 11) is 0. The summed E-state index contributed by atoms with van der Waals surface area (Å²) in [6.45, 7) is 6.04. The zero-order valence-electron chi connectivity index (χ0n) is 15.8. The van der Waals surface area contributed by atoms with E-state index in [1.165, 1.54) is 18.3 Å². The summed E-state index contributed by atoms with van der Waals surface area (Å²) in [5.74, 6) is -0.341. The molecule has 0 spiro atoms. The topological polar surface area (TPSA) is 78.5 Å². The molecule has 0 radical (unpaired) electrons. The van der Waals surface area contributed by atoms with Crippen molar-refractivity contribution in [3.05, 3.63) is 52.2 Å². The van der Waals surface area contributed by atoms with Crippen LogP contribution in [0.5, 0.6) is 0 Å². The third-order valence-electron chi connectivity index (χ3n) is 4.06. The molecule has 0 fully saturated rings. The Balaban J connectivity index is 2.03. The van der Waals surface area contributed by atoms with Crippen LogP contribution in [0.2, 0.25) is 0 Å². The molecule has 1 heterocycles. The fraction of sp³-hybridized carbons (Fsp3) is 0.350. The van der Waals surface area contributed by atoms with Gasteiger partial charge < -0.3 is 15.5 Å². The largest absolute Gasteiger partial charge is 0.348 e. The quantitative estimate of drug-likeness (QED) is 0.729. The lowest BCUT2D eigenvalue weighted by Gasteiger charge is -2.19. The molecule has 1 aromatic heterocycles. The molecule has 144 valence electrons. The van der Waals surface area contributed by atoms with Crippen LogP contribution in [0.4, 0.5) is 5.69 Å². The van der Waals surface area contributed by atoms with Gasteiger partial charge in [-0.3, -0.25) is 14.4 Å². The maximum Gasteiger partial charge on any atom is 0.226 e. The second-order valence-electron chi connectivity index (χ2n) is 6.25. The first-order valence-corrected chi connectivity index (χ1v) is 9.71. The van der Waals surface area contributed by atoms with Crippen molar-refractivity contribution >= 4 is 34.7 Å². The van der Waals surface area contributed by atoms with Gasteiger partial charge >= 0.3 is 0 Å². The Morgan fingerprint density at radius 3 is 2.52 bits per heavy atom. The highest BCUT2D eigenvalue weighted by molar-refractivity contribution is 7.10. The molecule has 3 amide bonds. The zero-order valence-corrected chi connectivity index (χ0v) is 16.6. The highest BCUT2D eigenvalue weighted by Crippen LogP contribution is 2.23. The maximum atomic E-state index is 12.5. The molecule has 2 aromatic rings. The lowest BCUT2D eigenvalue weighted by molar-refractivity contribution is -0.129. The Morgan fingerprint density at radius 1 is 1.15 bits per heavy atom. The average Bonchev–Trinajstić information content (AvgIpc) is 3.13. The Labute approximate surface area is 163 Å². The van der Waals surface area contributed by atoms with Gasteiger partial charge in [0.15, 0.2) is 0 Å². The van der Waals surface area contributed by atoms with E-state index in [9.17, 15) is 14.4 Å². The molecule has 0 aliphatic carbocycles. The average molecular weight is 388 g/mol. The van der Waals surface area contributed by atoms with Crippen LogP contribution in [0.1, 0.15) is 43.7 Å². The van der Waals surface area contributed by atoms with Gasteiger partial charge in [0.2, 0.25) is 17.7 Å². The monoisotopic (exact) mass is 387 g/mol. The van der Waals surface area contributed by atoms with Gasteiger partial charge in [-0.25, -0.2) is 0 Å². The fourth-order valence-electron chi connectivity index (χ4n) is 2.77. The normalized spacial score (nSPS) is 11.5. The van der Waals surface area contributed by atoms with Crippen molar-refractivity contribution < 1.29 is 14.4 Å². The van der Waals surface area contributed by atoms with Crippen LogP contribution in [-0.4, -0.2) is 29.2 Å².